The number of nitrogens with zero attached hydrogens (tertiary/aromatic N) is 1. The molecule has 1 aliphatic carbocycles. The lowest BCUT2D eigenvalue weighted by molar-refractivity contribution is 0.0282. The van der Waals surface area contributed by atoms with E-state index in [0.29, 0.717) is 5.92 Å². The van der Waals surface area contributed by atoms with Crippen LogP contribution in [0.4, 0.5) is 0 Å². The van der Waals surface area contributed by atoms with Gasteiger partial charge in [-0.3, -0.25) is 4.98 Å². The zero-order valence-electron chi connectivity index (χ0n) is 11.3. The van der Waals surface area contributed by atoms with Crippen LogP contribution in [-0.2, 0) is 4.74 Å². The first kappa shape index (κ1) is 12.6. The van der Waals surface area contributed by atoms with Gasteiger partial charge in [0.15, 0.2) is 0 Å². The summed E-state index contributed by atoms with van der Waals surface area (Å²) in [5.41, 5.74) is 8.48. The normalized spacial score (nSPS) is 18.4. The summed E-state index contributed by atoms with van der Waals surface area (Å²) in [6.45, 7) is 2.75. The van der Waals surface area contributed by atoms with Crippen LogP contribution in [0, 0.1) is 5.92 Å². The molecule has 0 radical (unpaired) electrons. The Morgan fingerprint density at radius 3 is 2.89 bits per heavy atom. The molecule has 2 N–H and O–H groups in total. The SMILES string of the molecule is CCOC(C1CC1)C(N)c1cnc2ccccc2c1. The number of hydrogen-bond donors (Lipinski definition) is 1. The second kappa shape index (κ2) is 5.27. The van der Waals surface area contributed by atoms with Crippen molar-refractivity contribution in [1.82, 2.24) is 4.98 Å². The average molecular weight is 256 g/mol. The molecule has 3 heteroatoms. The molecule has 1 aromatic carbocycles. The molecule has 1 fully saturated rings. The minimum Gasteiger partial charge on any atom is -0.376 e. The summed E-state index contributed by atoms with van der Waals surface area (Å²) in [5, 5.41) is 1.14. The number of hydrogen-bond acceptors (Lipinski definition) is 3. The van der Waals surface area contributed by atoms with Crippen LogP contribution in [0.1, 0.15) is 31.4 Å². The van der Waals surface area contributed by atoms with E-state index in [2.05, 4.69) is 17.1 Å². The second-order valence-corrected chi connectivity index (χ2v) is 5.24. The average Bonchev–Trinajstić information content (AvgIpc) is 3.28. The van der Waals surface area contributed by atoms with Crippen molar-refractivity contribution in [3.63, 3.8) is 0 Å². The third-order valence-electron chi connectivity index (χ3n) is 3.80. The minimum atomic E-state index is -0.0791. The van der Waals surface area contributed by atoms with Crippen LogP contribution in [0.3, 0.4) is 0 Å². The summed E-state index contributed by atoms with van der Waals surface area (Å²) in [6.07, 6.45) is 4.49. The highest BCUT2D eigenvalue weighted by molar-refractivity contribution is 5.78. The van der Waals surface area contributed by atoms with E-state index in [1.54, 1.807) is 0 Å². The molecule has 2 aromatic rings. The van der Waals surface area contributed by atoms with Crippen LogP contribution in [0.15, 0.2) is 36.5 Å². The number of ether oxygens (including phenoxy) is 1. The Balaban J connectivity index is 1.89. The summed E-state index contributed by atoms with van der Waals surface area (Å²) < 4.78 is 5.84. The maximum atomic E-state index is 6.39. The molecule has 3 rings (SSSR count). The van der Waals surface area contributed by atoms with Gasteiger partial charge in [0.2, 0.25) is 0 Å². The molecule has 3 nitrogen and oxygen atoms in total. The molecule has 100 valence electrons. The third kappa shape index (κ3) is 2.62. The maximum absolute atomic E-state index is 6.39. The standard InChI is InChI=1S/C16H20N2O/c1-2-19-16(11-7-8-11)15(17)13-9-12-5-3-4-6-14(12)18-10-13/h3-6,9-11,15-16H,2,7-8,17H2,1H3. The van der Waals surface area contributed by atoms with E-state index in [4.69, 9.17) is 10.5 Å². The predicted octanol–water partition coefficient (Wildman–Crippen LogP) is 3.05. The topological polar surface area (TPSA) is 48.1 Å². The Hall–Kier alpha value is -1.45. The summed E-state index contributed by atoms with van der Waals surface area (Å²) in [6, 6.07) is 10.2. The Morgan fingerprint density at radius 1 is 1.37 bits per heavy atom. The molecule has 0 spiro atoms. The molecular formula is C16H20N2O. The molecule has 1 heterocycles. The van der Waals surface area contributed by atoms with Crippen LogP contribution in [0.25, 0.3) is 10.9 Å². The largest absolute Gasteiger partial charge is 0.376 e. The van der Waals surface area contributed by atoms with Gasteiger partial charge < -0.3 is 10.5 Å². The summed E-state index contributed by atoms with van der Waals surface area (Å²) in [5.74, 6) is 0.626. The molecule has 0 bridgehead atoms. The van der Waals surface area contributed by atoms with Crippen LogP contribution >= 0.6 is 0 Å². The number of aromatic nitrogens is 1. The fraction of sp³-hybridized carbons (Fsp3) is 0.438. The number of nitrogens with two attached hydrogens (primary N) is 1. The lowest BCUT2D eigenvalue weighted by atomic mass is 9.99. The van der Waals surface area contributed by atoms with Crippen molar-refractivity contribution in [1.29, 1.82) is 0 Å². The maximum Gasteiger partial charge on any atom is 0.0796 e. The zero-order valence-corrected chi connectivity index (χ0v) is 11.3. The monoisotopic (exact) mass is 256 g/mol. The predicted molar refractivity (Wildman–Crippen MR) is 76.8 cm³/mol. The van der Waals surface area contributed by atoms with Crippen LogP contribution in [0.2, 0.25) is 0 Å². The summed E-state index contributed by atoms with van der Waals surface area (Å²) in [4.78, 5) is 4.49. The van der Waals surface area contributed by atoms with Crippen LogP contribution in [0.5, 0.6) is 0 Å². The zero-order chi connectivity index (χ0) is 13.2. The number of rotatable bonds is 5. The first-order valence-electron chi connectivity index (χ1n) is 7.01. The molecule has 0 saturated heterocycles. The van der Waals surface area contributed by atoms with Crippen LogP contribution < -0.4 is 5.73 Å². The Morgan fingerprint density at radius 2 is 2.16 bits per heavy atom. The van der Waals surface area contributed by atoms with Crippen molar-refractivity contribution in [2.75, 3.05) is 6.61 Å². The van der Waals surface area contributed by atoms with E-state index in [1.165, 1.54) is 12.8 Å². The number of fused-ring (bicyclic) bond motifs is 1. The molecule has 1 aliphatic rings. The molecule has 2 unspecified atom stereocenters. The molecule has 0 aliphatic heterocycles. The Kier molecular flexibility index (Phi) is 3.49. The molecule has 1 saturated carbocycles. The van der Waals surface area contributed by atoms with Crippen LogP contribution in [-0.4, -0.2) is 17.7 Å². The van der Waals surface area contributed by atoms with Gasteiger partial charge in [-0.05, 0) is 43.4 Å². The first-order chi connectivity index (χ1) is 9.29. The van der Waals surface area contributed by atoms with E-state index in [-0.39, 0.29) is 12.1 Å². The van der Waals surface area contributed by atoms with Gasteiger partial charge in [-0.15, -0.1) is 0 Å². The fourth-order valence-corrected chi connectivity index (χ4v) is 2.61. The van der Waals surface area contributed by atoms with Gasteiger partial charge in [0.25, 0.3) is 0 Å². The van der Waals surface area contributed by atoms with E-state index in [0.717, 1.165) is 23.1 Å². The quantitative estimate of drug-likeness (QED) is 0.894. The summed E-state index contributed by atoms with van der Waals surface area (Å²) >= 11 is 0. The summed E-state index contributed by atoms with van der Waals surface area (Å²) in [7, 11) is 0. The van der Waals surface area contributed by atoms with Crippen molar-refractivity contribution in [2.45, 2.75) is 31.9 Å². The lowest BCUT2D eigenvalue weighted by Crippen LogP contribution is -2.31. The van der Waals surface area contributed by atoms with Crippen molar-refractivity contribution in [2.24, 2.45) is 11.7 Å². The third-order valence-corrected chi connectivity index (χ3v) is 3.80. The minimum absolute atomic E-state index is 0.0791. The molecule has 1 aromatic heterocycles. The smallest absolute Gasteiger partial charge is 0.0796 e. The highest BCUT2D eigenvalue weighted by Gasteiger charge is 2.36. The molecule has 19 heavy (non-hydrogen) atoms. The second-order valence-electron chi connectivity index (χ2n) is 5.24. The fourth-order valence-electron chi connectivity index (χ4n) is 2.61. The highest BCUT2D eigenvalue weighted by atomic mass is 16.5. The highest BCUT2D eigenvalue weighted by Crippen LogP contribution is 2.39. The van der Waals surface area contributed by atoms with Crippen molar-refractivity contribution in [3.05, 3.63) is 42.1 Å². The van der Waals surface area contributed by atoms with E-state index >= 15 is 0 Å². The van der Waals surface area contributed by atoms with Crippen molar-refractivity contribution < 1.29 is 4.74 Å². The van der Waals surface area contributed by atoms with Gasteiger partial charge in [-0.1, -0.05) is 18.2 Å². The van der Waals surface area contributed by atoms with Gasteiger partial charge in [0, 0.05) is 18.2 Å². The van der Waals surface area contributed by atoms with Gasteiger partial charge in [0.1, 0.15) is 0 Å². The van der Waals surface area contributed by atoms with E-state index in [1.807, 2.05) is 31.3 Å². The van der Waals surface area contributed by atoms with E-state index in [9.17, 15) is 0 Å². The molecule has 2 atom stereocenters. The van der Waals surface area contributed by atoms with E-state index < -0.39 is 0 Å². The lowest BCUT2D eigenvalue weighted by Gasteiger charge is -2.24. The Labute approximate surface area is 113 Å². The van der Waals surface area contributed by atoms with Gasteiger partial charge in [-0.2, -0.15) is 0 Å². The van der Waals surface area contributed by atoms with Crippen molar-refractivity contribution >= 4 is 10.9 Å². The molecule has 0 amide bonds. The van der Waals surface area contributed by atoms with Gasteiger partial charge in [-0.25, -0.2) is 0 Å². The first-order valence-corrected chi connectivity index (χ1v) is 7.01. The number of para-hydroxylation sites is 1. The van der Waals surface area contributed by atoms with Crippen molar-refractivity contribution in [3.8, 4) is 0 Å². The molecular weight excluding hydrogens is 236 g/mol. The van der Waals surface area contributed by atoms with Gasteiger partial charge >= 0.3 is 0 Å². The number of pyridine rings is 1. The van der Waals surface area contributed by atoms with Gasteiger partial charge in [0.05, 0.1) is 17.7 Å². The Bertz CT molecular complexity index is 565. The number of benzene rings is 1.